The Morgan fingerprint density at radius 1 is 1.13 bits per heavy atom. The van der Waals surface area contributed by atoms with Gasteiger partial charge in [-0.15, -0.1) is 0 Å². The maximum absolute atomic E-state index is 12.7. The molecule has 6 heteroatoms. The van der Waals surface area contributed by atoms with E-state index in [1.807, 2.05) is 34.9 Å². The first-order valence-electron chi connectivity index (χ1n) is 7.48. The minimum absolute atomic E-state index is 0.0331. The van der Waals surface area contributed by atoms with Crippen LogP contribution in [0.1, 0.15) is 26.5 Å². The van der Waals surface area contributed by atoms with Gasteiger partial charge in [-0.2, -0.15) is 0 Å². The summed E-state index contributed by atoms with van der Waals surface area (Å²) in [5.74, 6) is -0.477. The molecule has 2 aromatic heterocycles. The van der Waals surface area contributed by atoms with Gasteiger partial charge in [-0.3, -0.25) is 9.59 Å². The van der Waals surface area contributed by atoms with Crippen LogP contribution in [0.15, 0.2) is 42.6 Å². The first-order chi connectivity index (χ1) is 11.1. The molecule has 0 fully saturated rings. The minimum atomic E-state index is -0.444. The number of rotatable bonds is 2. The molecule has 1 aliphatic heterocycles. The number of primary amides is 1. The number of hydrogen-bond acceptors (Lipinski definition) is 2. The number of nitrogens with one attached hydrogen (secondary N) is 1. The van der Waals surface area contributed by atoms with Crippen molar-refractivity contribution in [2.45, 2.75) is 13.1 Å². The van der Waals surface area contributed by atoms with Crippen molar-refractivity contribution in [2.24, 2.45) is 5.73 Å². The average molecular weight is 308 g/mol. The van der Waals surface area contributed by atoms with Gasteiger partial charge < -0.3 is 20.2 Å². The van der Waals surface area contributed by atoms with Crippen molar-refractivity contribution in [2.75, 3.05) is 6.54 Å². The Kier molecular flexibility index (Phi) is 2.97. The van der Waals surface area contributed by atoms with Crippen LogP contribution < -0.4 is 5.73 Å². The summed E-state index contributed by atoms with van der Waals surface area (Å²) < 4.78 is 1.98. The van der Waals surface area contributed by atoms with E-state index in [9.17, 15) is 9.59 Å². The first kappa shape index (κ1) is 13.6. The smallest absolute Gasteiger partial charge is 0.270 e. The van der Waals surface area contributed by atoms with Crippen LogP contribution in [0, 0.1) is 0 Å². The highest BCUT2D eigenvalue weighted by Crippen LogP contribution is 2.20. The van der Waals surface area contributed by atoms with E-state index in [1.165, 1.54) is 0 Å². The number of amides is 2. The number of benzene rings is 1. The zero-order chi connectivity index (χ0) is 16.0. The lowest BCUT2D eigenvalue weighted by Crippen LogP contribution is -2.38. The monoisotopic (exact) mass is 308 g/mol. The van der Waals surface area contributed by atoms with E-state index in [0.29, 0.717) is 30.9 Å². The highest BCUT2D eigenvalue weighted by Gasteiger charge is 2.24. The number of aromatic nitrogens is 2. The first-order valence-corrected chi connectivity index (χ1v) is 7.48. The van der Waals surface area contributed by atoms with Gasteiger partial charge in [-0.25, -0.2) is 0 Å². The molecule has 0 aliphatic carbocycles. The Labute approximate surface area is 132 Å². The maximum atomic E-state index is 12.7. The largest absolute Gasteiger partial charge is 0.366 e. The van der Waals surface area contributed by atoms with Crippen molar-refractivity contribution >= 4 is 22.7 Å². The van der Waals surface area contributed by atoms with Gasteiger partial charge in [-0.05, 0) is 18.2 Å². The number of para-hydroxylation sites is 1. The van der Waals surface area contributed by atoms with E-state index >= 15 is 0 Å². The predicted molar refractivity (Wildman–Crippen MR) is 86.0 cm³/mol. The molecule has 116 valence electrons. The molecule has 3 aromatic rings. The summed E-state index contributed by atoms with van der Waals surface area (Å²) in [5.41, 5.74) is 8.26. The molecule has 1 aromatic carbocycles. The van der Waals surface area contributed by atoms with E-state index in [2.05, 4.69) is 4.98 Å². The third kappa shape index (κ3) is 2.28. The molecule has 1 aliphatic rings. The third-order valence-electron chi connectivity index (χ3n) is 4.28. The summed E-state index contributed by atoms with van der Waals surface area (Å²) in [5, 5.41) is 1.02. The van der Waals surface area contributed by atoms with Crippen molar-refractivity contribution in [1.29, 1.82) is 0 Å². The molecule has 0 bridgehead atoms. The molecule has 6 nitrogen and oxygen atoms in total. The third-order valence-corrected chi connectivity index (χ3v) is 4.28. The lowest BCUT2D eigenvalue weighted by Gasteiger charge is -2.28. The molecular weight excluding hydrogens is 292 g/mol. The molecule has 0 spiro atoms. The fraction of sp³-hybridized carbons (Fsp3) is 0.176. The number of carbonyl (C=O) groups excluding carboxylic acids is 2. The Bertz CT molecular complexity index is 889. The highest BCUT2D eigenvalue weighted by atomic mass is 16.2. The van der Waals surface area contributed by atoms with Crippen molar-refractivity contribution in [1.82, 2.24) is 14.5 Å². The summed E-state index contributed by atoms with van der Waals surface area (Å²) in [6, 6.07) is 11.4. The molecule has 2 amide bonds. The summed E-state index contributed by atoms with van der Waals surface area (Å²) in [6.45, 7) is 1.74. The Balaban J connectivity index is 1.60. The number of aromatic amines is 1. The van der Waals surface area contributed by atoms with Crippen LogP contribution >= 0.6 is 0 Å². The zero-order valence-corrected chi connectivity index (χ0v) is 12.5. The molecule has 23 heavy (non-hydrogen) atoms. The molecule has 4 rings (SSSR count). The highest BCUT2D eigenvalue weighted by molar-refractivity contribution is 5.98. The second kappa shape index (κ2) is 5.01. The van der Waals surface area contributed by atoms with Crippen LogP contribution in [0.2, 0.25) is 0 Å². The average Bonchev–Trinajstić information content (AvgIpc) is 3.17. The van der Waals surface area contributed by atoms with E-state index in [1.54, 1.807) is 17.2 Å². The van der Waals surface area contributed by atoms with Gasteiger partial charge in [0, 0.05) is 35.9 Å². The molecular formula is C17H16N4O2. The fourth-order valence-corrected chi connectivity index (χ4v) is 3.07. The lowest BCUT2D eigenvalue weighted by molar-refractivity contribution is 0.0706. The van der Waals surface area contributed by atoms with E-state index < -0.39 is 5.91 Å². The van der Waals surface area contributed by atoms with Crippen molar-refractivity contribution in [3.05, 3.63) is 59.5 Å². The molecule has 0 atom stereocenters. The second-order valence-electron chi connectivity index (χ2n) is 5.77. The summed E-state index contributed by atoms with van der Waals surface area (Å²) in [4.78, 5) is 28.9. The summed E-state index contributed by atoms with van der Waals surface area (Å²) in [7, 11) is 0. The van der Waals surface area contributed by atoms with Crippen LogP contribution in [0.25, 0.3) is 10.9 Å². The van der Waals surface area contributed by atoms with Crippen molar-refractivity contribution < 1.29 is 9.59 Å². The fourth-order valence-electron chi connectivity index (χ4n) is 3.07. The zero-order valence-electron chi connectivity index (χ0n) is 12.5. The van der Waals surface area contributed by atoms with E-state index in [-0.39, 0.29) is 5.91 Å². The summed E-state index contributed by atoms with van der Waals surface area (Å²) >= 11 is 0. The normalized spacial score (nSPS) is 14.0. The summed E-state index contributed by atoms with van der Waals surface area (Å²) in [6.07, 6.45) is 1.75. The van der Waals surface area contributed by atoms with Crippen molar-refractivity contribution in [3.8, 4) is 0 Å². The molecule has 3 N–H and O–H groups in total. The Morgan fingerprint density at radius 2 is 1.96 bits per heavy atom. The van der Waals surface area contributed by atoms with Gasteiger partial charge in [0.25, 0.3) is 5.91 Å². The van der Waals surface area contributed by atoms with E-state index in [0.717, 1.165) is 16.6 Å². The van der Waals surface area contributed by atoms with E-state index in [4.69, 9.17) is 5.73 Å². The van der Waals surface area contributed by atoms with Gasteiger partial charge in [0.2, 0.25) is 5.91 Å². The quantitative estimate of drug-likeness (QED) is 0.755. The molecule has 0 radical (unpaired) electrons. The number of fused-ring (bicyclic) bond motifs is 2. The Morgan fingerprint density at radius 3 is 2.74 bits per heavy atom. The van der Waals surface area contributed by atoms with Crippen molar-refractivity contribution in [3.63, 3.8) is 0 Å². The van der Waals surface area contributed by atoms with Gasteiger partial charge in [-0.1, -0.05) is 18.2 Å². The van der Waals surface area contributed by atoms with Crippen LogP contribution in [0.5, 0.6) is 0 Å². The second-order valence-corrected chi connectivity index (χ2v) is 5.77. The number of carbonyl (C=O) groups is 2. The number of H-pyrrole nitrogens is 1. The SMILES string of the molecule is NC(=O)c1cc2n(c1)CCN(C(=O)c1cc3ccccc3[nH]1)C2. The number of nitrogens with zero attached hydrogens (tertiary/aromatic N) is 2. The van der Waals surface area contributed by atoms with Gasteiger partial charge in [0.15, 0.2) is 0 Å². The standard InChI is InChI=1S/C17H16N4O2/c18-16(22)12-7-13-10-21(6-5-20(13)9-12)17(23)15-8-11-3-1-2-4-14(11)19-15/h1-4,7-9,19H,5-6,10H2,(H2,18,22). The topological polar surface area (TPSA) is 84.1 Å². The predicted octanol–water partition coefficient (Wildman–Crippen LogP) is 1.72. The van der Waals surface area contributed by atoms with Gasteiger partial charge >= 0.3 is 0 Å². The number of hydrogen-bond donors (Lipinski definition) is 2. The maximum Gasteiger partial charge on any atom is 0.270 e. The number of nitrogens with two attached hydrogens (primary N) is 1. The minimum Gasteiger partial charge on any atom is -0.366 e. The lowest BCUT2D eigenvalue weighted by atomic mass is 10.2. The van der Waals surface area contributed by atoms with Crippen LogP contribution in [0.3, 0.4) is 0 Å². The Hall–Kier alpha value is -3.02. The van der Waals surface area contributed by atoms with Crippen LogP contribution in [-0.2, 0) is 13.1 Å². The molecule has 0 saturated heterocycles. The van der Waals surface area contributed by atoms with Gasteiger partial charge in [0.05, 0.1) is 12.1 Å². The molecule has 0 unspecified atom stereocenters. The van der Waals surface area contributed by atoms with Crippen LogP contribution in [-0.4, -0.2) is 32.8 Å². The van der Waals surface area contributed by atoms with Gasteiger partial charge in [0.1, 0.15) is 5.69 Å². The molecule has 3 heterocycles. The van der Waals surface area contributed by atoms with Crippen LogP contribution in [0.4, 0.5) is 0 Å². The molecule has 0 saturated carbocycles.